The van der Waals surface area contributed by atoms with Crippen LogP contribution in [0.1, 0.15) is 31.0 Å². The number of phenolic OH excluding ortho intramolecular Hbond substituents is 1. The molecular formula is C29H32N6O3. The lowest BCUT2D eigenvalue weighted by Gasteiger charge is -2.42. The molecule has 2 aliphatic heterocycles. The third-order valence-corrected chi connectivity index (χ3v) is 7.19. The van der Waals surface area contributed by atoms with Crippen molar-refractivity contribution in [3.8, 4) is 17.8 Å². The van der Waals surface area contributed by atoms with Crippen LogP contribution in [0.4, 0.5) is 11.5 Å². The lowest BCUT2D eigenvalue weighted by molar-refractivity contribution is -0.128. The van der Waals surface area contributed by atoms with Crippen LogP contribution in [0.25, 0.3) is 10.8 Å². The molecule has 1 atom stereocenters. The van der Waals surface area contributed by atoms with E-state index in [2.05, 4.69) is 28.5 Å². The lowest BCUT2D eigenvalue weighted by atomic mass is 10.0. The van der Waals surface area contributed by atoms with Gasteiger partial charge in [-0.3, -0.25) is 4.79 Å². The first-order valence-electron chi connectivity index (χ1n) is 13.1. The summed E-state index contributed by atoms with van der Waals surface area (Å²) in [5, 5.41) is 21.9. The number of nitriles is 1. The molecule has 9 nitrogen and oxygen atoms in total. The smallest absolute Gasteiger partial charge is 0.318 e. The number of anilines is 2. The molecule has 1 aromatic heterocycles. The van der Waals surface area contributed by atoms with Crippen LogP contribution in [0, 0.1) is 11.3 Å². The molecule has 1 fully saturated rings. The Morgan fingerprint density at radius 1 is 1.24 bits per heavy atom. The molecule has 2 aromatic carbocycles. The van der Waals surface area contributed by atoms with Crippen molar-refractivity contribution >= 4 is 28.2 Å². The second kappa shape index (κ2) is 11.0. The predicted octanol–water partition coefficient (Wildman–Crippen LogP) is 3.80. The molecule has 196 valence electrons. The van der Waals surface area contributed by atoms with Gasteiger partial charge in [0, 0.05) is 48.9 Å². The fourth-order valence-corrected chi connectivity index (χ4v) is 5.39. The molecule has 3 aromatic rings. The van der Waals surface area contributed by atoms with E-state index in [-0.39, 0.29) is 24.1 Å². The summed E-state index contributed by atoms with van der Waals surface area (Å²) in [5.74, 6) is 0.890. The molecule has 0 radical (unpaired) electrons. The fourth-order valence-electron chi connectivity index (χ4n) is 5.39. The maximum Gasteiger partial charge on any atom is 0.318 e. The number of nitrogens with zero attached hydrogens (tertiary/aromatic N) is 6. The number of ether oxygens (including phenoxy) is 1. The van der Waals surface area contributed by atoms with Gasteiger partial charge in [0.15, 0.2) is 0 Å². The summed E-state index contributed by atoms with van der Waals surface area (Å²) in [7, 11) is 0. The molecule has 1 amide bonds. The summed E-state index contributed by atoms with van der Waals surface area (Å²) in [5.41, 5.74) is 2.92. The van der Waals surface area contributed by atoms with Crippen LogP contribution in [0.5, 0.6) is 11.8 Å². The van der Waals surface area contributed by atoms with Gasteiger partial charge >= 0.3 is 6.01 Å². The molecule has 0 aliphatic carbocycles. The zero-order chi connectivity index (χ0) is 26.6. The zero-order valence-corrected chi connectivity index (χ0v) is 21.6. The number of hydrogen-bond donors (Lipinski definition) is 1. The highest BCUT2D eigenvalue weighted by molar-refractivity contribution is 5.95. The molecule has 38 heavy (non-hydrogen) atoms. The molecule has 5 rings (SSSR count). The van der Waals surface area contributed by atoms with Gasteiger partial charge in [-0.2, -0.15) is 15.2 Å². The van der Waals surface area contributed by atoms with Crippen LogP contribution >= 0.6 is 0 Å². The normalized spacial score (nSPS) is 17.2. The Kier molecular flexibility index (Phi) is 7.31. The molecular weight excluding hydrogens is 480 g/mol. The van der Waals surface area contributed by atoms with Gasteiger partial charge in [-0.05, 0) is 30.4 Å². The standard InChI is InChI=1S/C29H32N6O3/c1-3-15-38-29-31-25-19-33(26-17-22(36)16-20-7-5-6-8-23(20)26)12-10-24(25)28(32-29)34-13-14-35(27(37)4-2)21(18-34)9-11-30/h4-8,16-17,21,36H,2-3,9-10,12-15,18-19H2,1H3. The van der Waals surface area contributed by atoms with Gasteiger partial charge in [0.05, 0.1) is 37.4 Å². The monoisotopic (exact) mass is 512 g/mol. The van der Waals surface area contributed by atoms with Crippen molar-refractivity contribution < 1.29 is 14.6 Å². The SMILES string of the molecule is C=CC(=O)N1CCN(c2nc(OCCC)nc3c2CCN(c2cc(O)cc4ccccc24)C3)CC1CC#N. The third kappa shape index (κ3) is 4.94. The fraction of sp³-hybridized carbons (Fsp3) is 0.379. The molecule has 0 bridgehead atoms. The summed E-state index contributed by atoms with van der Waals surface area (Å²) < 4.78 is 5.90. The number of benzene rings is 2. The average molecular weight is 513 g/mol. The van der Waals surface area contributed by atoms with Crippen LogP contribution in [0.15, 0.2) is 49.1 Å². The molecule has 2 aliphatic rings. The number of piperazine rings is 1. The van der Waals surface area contributed by atoms with E-state index in [0.717, 1.165) is 52.9 Å². The molecule has 9 heteroatoms. The maximum absolute atomic E-state index is 12.4. The Hall–Kier alpha value is -4.32. The highest BCUT2D eigenvalue weighted by atomic mass is 16.5. The number of hydrogen-bond acceptors (Lipinski definition) is 8. The van der Waals surface area contributed by atoms with E-state index in [1.807, 2.05) is 31.2 Å². The molecule has 0 saturated carbocycles. The van der Waals surface area contributed by atoms with Gasteiger partial charge in [0.25, 0.3) is 0 Å². The first kappa shape index (κ1) is 25.3. The first-order chi connectivity index (χ1) is 18.5. The van der Waals surface area contributed by atoms with Crippen molar-refractivity contribution in [2.24, 2.45) is 0 Å². The van der Waals surface area contributed by atoms with Crippen molar-refractivity contribution in [2.75, 3.05) is 42.6 Å². The number of fused-ring (bicyclic) bond motifs is 2. The van der Waals surface area contributed by atoms with Gasteiger partial charge in [-0.1, -0.05) is 37.8 Å². The highest BCUT2D eigenvalue weighted by Gasteiger charge is 2.33. The van der Waals surface area contributed by atoms with Crippen molar-refractivity contribution in [2.45, 2.75) is 38.8 Å². The molecule has 1 saturated heterocycles. The minimum atomic E-state index is -0.247. The van der Waals surface area contributed by atoms with E-state index < -0.39 is 0 Å². The number of phenols is 1. The Morgan fingerprint density at radius 3 is 2.87 bits per heavy atom. The number of aromatic nitrogens is 2. The van der Waals surface area contributed by atoms with Crippen LogP contribution < -0.4 is 14.5 Å². The van der Waals surface area contributed by atoms with Crippen LogP contribution in [0.2, 0.25) is 0 Å². The number of amides is 1. The van der Waals surface area contributed by atoms with Gasteiger partial charge in [-0.15, -0.1) is 0 Å². The van der Waals surface area contributed by atoms with E-state index in [9.17, 15) is 15.2 Å². The van der Waals surface area contributed by atoms with Gasteiger partial charge in [-0.25, -0.2) is 0 Å². The Bertz CT molecular complexity index is 1400. The highest BCUT2D eigenvalue weighted by Crippen LogP contribution is 2.36. The van der Waals surface area contributed by atoms with Crippen molar-refractivity contribution in [3.05, 3.63) is 60.3 Å². The van der Waals surface area contributed by atoms with E-state index in [1.165, 1.54) is 6.08 Å². The van der Waals surface area contributed by atoms with E-state index in [4.69, 9.17) is 14.7 Å². The largest absolute Gasteiger partial charge is 0.508 e. The number of rotatable bonds is 7. The van der Waals surface area contributed by atoms with Crippen molar-refractivity contribution in [1.82, 2.24) is 14.9 Å². The quantitative estimate of drug-likeness (QED) is 0.477. The summed E-state index contributed by atoms with van der Waals surface area (Å²) in [4.78, 5) is 28.1. The number of carbonyl (C=O) groups excluding carboxylic acids is 1. The topological polar surface area (TPSA) is 106 Å². The number of aromatic hydroxyl groups is 1. The second-order valence-electron chi connectivity index (χ2n) is 9.66. The predicted molar refractivity (Wildman–Crippen MR) is 146 cm³/mol. The number of carbonyl (C=O) groups is 1. The minimum absolute atomic E-state index is 0.157. The van der Waals surface area contributed by atoms with Crippen LogP contribution in [0.3, 0.4) is 0 Å². The minimum Gasteiger partial charge on any atom is -0.508 e. The molecule has 1 unspecified atom stereocenters. The third-order valence-electron chi connectivity index (χ3n) is 7.19. The lowest BCUT2D eigenvalue weighted by Crippen LogP contribution is -2.55. The zero-order valence-electron chi connectivity index (χ0n) is 21.6. The Morgan fingerprint density at radius 2 is 2.08 bits per heavy atom. The Balaban J connectivity index is 1.50. The summed E-state index contributed by atoms with van der Waals surface area (Å²) >= 11 is 0. The van der Waals surface area contributed by atoms with Crippen LogP contribution in [-0.4, -0.2) is 64.7 Å². The van der Waals surface area contributed by atoms with Gasteiger partial charge in [0.2, 0.25) is 5.91 Å². The van der Waals surface area contributed by atoms with Crippen LogP contribution in [-0.2, 0) is 17.8 Å². The molecule has 0 spiro atoms. The summed E-state index contributed by atoms with van der Waals surface area (Å²) in [6.45, 7) is 9.05. The second-order valence-corrected chi connectivity index (χ2v) is 9.66. The van der Waals surface area contributed by atoms with Gasteiger partial charge in [0.1, 0.15) is 11.6 Å². The maximum atomic E-state index is 12.4. The van der Waals surface area contributed by atoms with E-state index >= 15 is 0 Å². The Labute approximate surface area is 222 Å². The molecule has 1 N–H and O–H groups in total. The first-order valence-corrected chi connectivity index (χ1v) is 13.1. The average Bonchev–Trinajstić information content (AvgIpc) is 2.94. The summed E-state index contributed by atoms with van der Waals surface area (Å²) in [6, 6.07) is 14.0. The molecule has 3 heterocycles. The van der Waals surface area contributed by atoms with E-state index in [1.54, 1.807) is 11.0 Å². The van der Waals surface area contributed by atoms with Crippen molar-refractivity contribution in [3.63, 3.8) is 0 Å². The summed E-state index contributed by atoms with van der Waals surface area (Å²) in [6.07, 6.45) is 3.10. The van der Waals surface area contributed by atoms with E-state index in [0.29, 0.717) is 38.8 Å². The van der Waals surface area contributed by atoms with Gasteiger partial charge < -0.3 is 24.5 Å². The van der Waals surface area contributed by atoms with Crippen molar-refractivity contribution in [1.29, 1.82) is 5.26 Å².